The van der Waals surface area contributed by atoms with Gasteiger partial charge in [-0.1, -0.05) is 11.6 Å². The average molecular weight is 293 g/mol. The summed E-state index contributed by atoms with van der Waals surface area (Å²) in [7, 11) is 2.14. The van der Waals surface area contributed by atoms with Gasteiger partial charge >= 0.3 is 0 Å². The van der Waals surface area contributed by atoms with Gasteiger partial charge in [0, 0.05) is 41.8 Å². The third-order valence-corrected chi connectivity index (χ3v) is 4.35. The Balaban J connectivity index is 1.63. The first-order chi connectivity index (χ1) is 9.74. The molecule has 0 atom stereocenters. The zero-order valence-corrected chi connectivity index (χ0v) is 12.7. The molecular weight excluding hydrogens is 272 g/mol. The average Bonchev–Trinajstić information content (AvgIpc) is 2.76. The monoisotopic (exact) mass is 292 g/mol. The van der Waals surface area contributed by atoms with Gasteiger partial charge in [-0.2, -0.15) is 0 Å². The highest BCUT2D eigenvalue weighted by molar-refractivity contribution is 6.31. The predicted molar refractivity (Wildman–Crippen MR) is 83.5 cm³/mol. The lowest BCUT2D eigenvalue weighted by Crippen LogP contribution is -2.37. The topological polar surface area (TPSA) is 17.4 Å². The fourth-order valence-electron chi connectivity index (χ4n) is 2.93. The molecule has 1 aliphatic rings. The van der Waals surface area contributed by atoms with Gasteiger partial charge in [-0.15, -0.1) is 0 Å². The van der Waals surface area contributed by atoms with Crippen molar-refractivity contribution in [3.05, 3.63) is 35.0 Å². The molecule has 0 aliphatic carbocycles. The maximum absolute atomic E-state index is 6.06. The van der Waals surface area contributed by atoms with Gasteiger partial charge in [-0.25, -0.2) is 0 Å². The molecule has 4 heteroatoms. The van der Waals surface area contributed by atoms with Crippen LogP contribution in [0.5, 0.6) is 0 Å². The molecule has 108 valence electrons. The Bertz CT molecular complexity index is 587. The van der Waals surface area contributed by atoms with Crippen LogP contribution in [0.25, 0.3) is 10.9 Å². The lowest BCUT2D eigenvalue weighted by molar-refractivity contribution is 0.0374. The number of benzene rings is 1. The first-order valence-electron chi connectivity index (χ1n) is 7.28. The Morgan fingerprint density at radius 3 is 2.80 bits per heavy atom. The largest absolute Gasteiger partial charge is 0.379 e. The van der Waals surface area contributed by atoms with E-state index in [1.807, 2.05) is 12.1 Å². The van der Waals surface area contributed by atoms with E-state index in [-0.39, 0.29) is 0 Å². The summed E-state index contributed by atoms with van der Waals surface area (Å²) < 4.78 is 7.66. The van der Waals surface area contributed by atoms with E-state index in [0.717, 1.165) is 44.3 Å². The Labute approximate surface area is 125 Å². The molecule has 0 saturated carbocycles. The van der Waals surface area contributed by atoms with Crippen molar-refractivity contribution in [3.63, 3.8) is 0 Å². The van der Waals surface area contributed by atoms with Crippen LogP contribution >= 0.6 is 11.6 Å². The molecular formula is C16H21ClN2O. The number of fused-ring (bicyclic) bond motifs is 1. The first kappa shape index (κ1) is 13.9. The lowest BCUT2D eigenvalue weighted by Gasteiger charge is -2.26. The molecule has 0 bridgehead atoms. The van der Waals surface area contributed by atoms with Crippen LogP contribution in [0, 0.1) is 0 Å². The highest BCUT2D eigenvalue weighted by Crippen LogP contribution is 2.23. The highest BCUT2D eigenvalue weighted by atomic mass is 35.5. The van der Waals surface area contributed by atoms with E-state index in [0.29, 0.717) is 0 Å². The number of halogens is 1. The molecule has 2 aromatic rings. The molecule has 0 radical (unpaired) electrons. The smallest absolute Gasteiger partial charge is 0.0594 e. The number of nitrogens with zero attached hydrogens (tertiary/aromatic N) is 2. The highest BCUT2D eigenvalue weighted by Gasteiger charge is 2.11. The molecule has 1 aromatic heterocycles. The van der Waals surface area contributed by atoms with Crippen molar-refractivity contribution < 1.29 is 4.74 Å². The second-order valence-electron chi connectivity index (χ2n) is 5.46. The fraction of sp³-hybridized carbons (Fsp3) is 0.500. The van der Waals surface area contributed by atoms with Crippen LogP contribution in [0.1, 0.15) is 12.1 Å². The molecule has 0 unspecified atom stereocenters. The summed E-state index contributed by atoms with van der Waals surface area (Å²) in [6.07, 6.45) is 2.30. The van der Waals surface area contributed by atoms with Crippen LogP contribution < -0.4 is 0 Å². The van der Waals surface area contributed by atoms with Gasteiger partial charge in [-0.05, 0) is 43.7 Å². The number of aromatic nitrogens is 1. The lowest BCUT2D eigenvalue weighted by atomic mass is 10.2. The molecule has 3 rings (SSSR count). The molecule has 3 nitrogen and oxygen atoms in total. The number of ether oxygens (including phenoxy) is 1. The van der Waals surface area contributed by atoms with E-state index < -0.39 is 0 Å². The standard InChI is InChI=1S/C16H21ClN2O/c1-18-15(3-2-6-19-7-9-20-10-8-19)12-13-11-14(17)4-5-16(13)18/h4-5,11-12H,2-3,6-10H2,1H3. The zero-order chi connectivity index (χ0) is 13.9. The van der Waals surface area contributed by atoms with Gasteiger partial charge in [0.15, 0.2) is 0 Å². The molecule has 0 N–H and O–H groups in total. The number of morpholine rings is 1. The normalized spacial score (nSPS) is 16.9. The predicted octanol–water partition coefficient (Wildman–Crippen LogP) is 3.10. The van der Waals surface area contributed by atoms with Crippen LogP contribution in [0.15, 0.2) is 24.3 Å². The van der Waals surface area contributed by atoms with Gasteiger partial charge in [0.25, 0.3) is 0 Å². The van der Waals surface area contributed by atoms with E-state index in [1.54, 1.807) is 0 Å². The first-order valence-corrected chi connectivity index (χ1v) is 7.66. The molecule has 1 fully saturated rings. The quantitative estimate of drug-likeness (QED) is 0.861. The number of aryl methyl sites for hydroxylation is 2. The van der Waals surface area contributed by atoms with Gasteiger partial charge in [-0.3, -0.25) is 4.90 Å². The van der Waals surface area contributed by atoms with Crippen LogP contribution in [0.2, 0.25) is 5.02 Å². The number of hydrogen-bond acceptors (Lipinski definition) is 2. The summed E-state index contributed by atoms with van der Waals surface area (Å²) in [5.41, 5.74) is 2.64. The third-order valence-electron chi connectivity index (χ3n) is 4.11. The van der Waals surface area contributed by atoms with Crippen LogP contribution in [-0.2, 0) is 18.2 Å². The number of rotatable bonds is 4. The van der Waals surface area contributed by atoms with Crippen LogP contribution in [0.3, 0.4) is 0 Å². The van der Waals surface area contributed by atoms with Gasteiger partial charge in [0.05, 0.1) is 13.2 Å². The molecule has 1 aromatic carbocycles. The minimum atomic E-state index is 0.808. The molecule has 0 spiro atoms. The minimum absolute atomic E-state index is 0.808. The Morgan fingerprint density at radius 2 is 2.00 bits per heavy atom. The summed E-state index contributed by atoms with van der Waals surface area (Å²) in [4.78, 5) is 2.49. The summed E-state index contributed by atoms with van der Waals surface area (Å²) >= 11 is 6.06. The second-order valence-corrected chi connectivity index (χ2v) is 5.89. The van der Waals surface area contributed by atoms with Crippen molar-refractivity contribution in [1.29, 1.82) is 0 Å². The zero-order valence-electron chi connectivity index (χ0n) is 11.9. The van der Waals surface area contributed by atoms with Gasteiger partial charge in [0.2, 0.25) is 0 Å². The van der Waals surface area contributed by atoms with Gasteiger partial charge in [0.1, 0.15) is 0 Å². The van der Waals surface area contributed by atoms with Crippen molar-refractivity contribution in [2.24, 2.45) is 7.05 Å². The van der Waals surface area contributed by atoms with Crippen molar-refractivity contribution in [2.45, 2.75) is 12.8 Å². The Morgan fingerprint density at radius 1 is 1.20 bits per heavy atom. The van der Waals surface area contributed by atoms with Crippen LogP contribution in [0.4, 0.5) is 0 Å². The Hall–Kier alpha value is -1.03. The maximum Gasteiger partial charge on any atom is 0.0594 e. The second kappa shape index (κ2) is 6.17. The summed E-state index contributed by atoms with van der Waals surface area (Å²) in [6.45, 7) is 5.07. The molecule has 0 amide bonds. The van der Waals surface area contributed by atoms with E-state index in [2.05, 4.69) is 28.6 Å². The Kier molecular flexibility index (Phi) is 4.29. The maximum atomic E-state index is 6.06. The van der Waals surface area contributed by atoms with E-state index in [9.17, 15) is 0 Å². The minimum Gasteiger partial charge on any atom is -0.379 e. The third kappa shape index (κ3) is 3.00. The molecule has 1 saturated heterocycles. The summed E-state index contributed by atoms with van der Waals surface area (Å²) in [5, 5.41) is 2.05. The van der Waals surface area contributed by atoms with Crippen molar-refractivity contribution in [3.8, 4) is 0 Å². The molecule has 20 heavy (non-hydrogen) atoms. The summed E-state index contributed by atoms with van der Waals surface area (Å²) in [6, 6.07) is 8.37. The number of hydrogen-bond donors (Lipinski definition) is 0. The van der Waals surface area contributed by atoms with Crippen molar-refractivity contribution >= 4 is 22.5 Å². The van der Waals surface area contributed by atoms with Crippen LogP contribution in [-0.4, -0.2) is 42.3 Å². The van der Waals surface area contributed by atoms with E-state index >= 15 is 0 Å². The SMILES string of the molecule is Cn1c(CCCN2CCOCC2)cc2cc(Cl)ccc21. The van der Waals surface area contributed by atoms with E-state index in [4.69, 9.17) is 16.3 Å². The molecule has 1 aliphatic heterocycles. The van der Waals surface area contributed by atoms with Crippen molar-refractivity contribution in [1.82, 2.24) is 9.47 Å². The summed E-state index contributed by atoms with van der Waals surface area (Å²) in [5.74, 6) is 0. The fourth-order valence-corrected chi connectivity index (χ4v) is 3.11. The van der Waals surface area contributed by atoms with E-state index in [1.165, 1.54) is 23.0 Å². The molecule has 2 heterocycles. The van der Waals surface area contributed by atoms with Gasteiger partial charge < -0.3 is 9.30 Å². The van der Waals surface area contributed by atoms with Crippen molar-refractivity contribution in [2.75, 3.05) is 32.8 Å².